The normalized spacial score (nSPS) is 16.1. The summed E-state index contributed by atoms with van der Waals surface area (Å²) in [6.45, 7) is 2.51. The van der Waals surface area contributed by atoms with Gasteiger partial charge in [0, 0.05) is 10.0 Å². The van der Waals surface area contributed by atoms with Crippen LogP contribution in [0.4, 0.5) is 5.95 Å². The number of nitrogens with one attached hydrogen (secondary N) is 1. The highest BCUT2D eigenvalue weighted by Crippen LogP contribution is 2.36. The van der Waals surface area contributed by atoms with Crippen molar-refractivity contribution < 1.29 is 9.53 Å². The molecule has 1 amide bonds. The monoisotopic (exact) mass is 412 g/mol. The average Bonchev–Trinajstić information content (AvgIpc) is 3.09. The SMILES string of the molecule is Cc1ccc(COc2ccc(Br)cc2[C@@H]2CC(=O)Nc3ncnn32)cc1. The molecule has 3 aromatic rings. The fourth-order valence-electron chi connectivity index (χ4n) is 3.00. The molecule has 1 N–H and O–H groups in total. The molecule has 4 rings (SSSR count). The average molecular weight is 413 g/mol. The van der Waals surface area contributed by atoms with Gasteiger partial charge < -0.3 is 4.74 Å². The molecule has 1 atom stereocenters. The van der Waals surface area contributed by atoms with Crippen LogP contribution in [-0.4, -0.2) is 20.7 Å². The van der Waals surface area contributed by atoms with E-state index in [4.69, 9.17) is 4.74 Å². The number of halogens is 1. The first-order valence-electron chi connectivity index (χ1n) is 8.27. The molecule has 0 aliphatic carbocycles. The number of ether oxygens (including phenoxy) is 1. The molecule has 26 heavy (non-hydrogen) atoms. The van der Waals surface area contributed by atoms with Crippen LogP contribution in [0.5, 0.6) is 5.75 Å². The van der Waals surface area contributed by atoms with Gasteiger partial charge in [-0.25, -0.2) is 4.68 Å². The van der Waals surface area contributed by atoms with Crippen LogP contribution in [0.15, 0.2) is 53.3 Å². The minimum atomic E-state index is -0.258. The maximum absolute atomic E-state index is 12.1. The summed E-state index contributed by atoms with van der Waals surface area (Å²) in [6.07, 6.45) is 1.73. The summed E-state index contributed by atoms with van der Waals surface area (Å²) in [6, 6.07) is 13.8. The molecule has 1 aliphatic rings. The number of carbonyl (C=O) groups excluding carboxylic acids is 1. The van der Waals surface area contributed by atoms with Gasteiger partial charge in [-0.3, -0.25) is 10.1 Å². The van der Waals surface area contributed by atoms with Crippen LogP contribution in [0.25, 0.3) is 0 Å². The van der Waals surface area contributed by atoms with Crippen molar-refractivity contribution in [2.24, 2.45) is 0 Å². The topological polar surface area (TPSA) is 69.0 Å². The van der Waals surface area contributed by atoms with Crippen LogP contribution >= 0.6 is 15.9 Å². The molecule has 1 aromatic heterocycles. The summed E-state index contributed by atoms with van der Waals surface area (Å²) < 4.78 is 8.73. The summed E-state index contributed by atoms with van der Waals surface area (Å²) in [5.74, 6) is 1.10. The van der Waals surface area contributed by atoms with Crippen molar-refractivity contribution >= 4 is 27.8 Å². The molecule has 0 saturated heterocycles. The Morgan fingerprint density at radius 3 is 2.88 bits per heavy atom. The number of aryl methyl sites for hydroxylation is 1. The fraction of sp³-hybridized carbons (Fsp3) is 0.211. The lowest BCUT2D eigenvalue weighted by molar-refractivity contribution is -0.117. The number of carbonyl (C=O) groups is 1. The van der Waals surface area contributed by atoms with Crippen LogP contribution in [0.1, 0.15) is 29.2 Å². The van der Waals surface area contributed by atoms with Crippen molar-refractivity contribution in [3.63, 3.8) is 0 Å². The van der Waals surface area contributed by atoms with Crippen molar-refractivity contribution in [3.05, 3.63) is 70.0 Å². The maximum atomic E-state index is 12.1. The predicted octanol–water partition coefficient (Wildman–Crippen LogP) is 3.86. The van der Waals surface area contributed by atoms with E-state index in [-0.39, 0.29) is 18.4 Å². The van der Waals surface area contributed by atoms with Crippen LogP contribution in [0.2, 0.25) is 0 Å². The van der Waals surface area contributed by atoms with Gasteiger partial charge in [0.2, 0.25) is 11.9 Å². The zero-order valence-corrected chi connectivity index (χ0v) is 15.7. The standard InChI is InChI=1S/C19H17BrN4O2/c1-12-2-4-13(5-3-12)10-26-17-7-6-14(20)8-15(17)16-9-18(25)23-19-21-11-22-24(16)19/h2-8,11,16H,9-10H2,1H3,(H,21,22,23,25)/t16-/m0/s1. The molecule has 2 heterocycles. The van der Waals surface area contributed by atoms with E-state index in [2.05, 4.69) is 62.5 Å². The summed E-state index contributed by atoms with van der Waals surface area (Å²) in [5.41, 5.74) is 3.20. The number of hydrogen-bond donors (Lipinski definition) is 1. The molecular formula is C19H17BrN4O2. The molecule has 0 radical (unpaired) electrons. The van der Waals surface area contributed by atoms with E-state index < -0.39 is 0 Å². The number of amides is 1. The second-order valence-corrected chi connectivity index (χ2v) is 7.17. The lowest BCUT2D eigenvalue weighted by atomic mass is 10.0. The van der Waals surface area contributed by atoms with Crippen molar-refractivity contribution in [3.8, 4) is 5.75 Å². The van der Waals surface area contributed by atoms with E-state index >= 15 is 0 Å². The van der Waals surface area contributed by atoms with Gasteiger partial charge in [0.1, 0.15) is 18.7 Å². The number of aromatic nitrogens is 3. The zero-order valence-electron chi connectivity index (χ0n) is 14.1. The van der Waals surface area contributed by atoms with E-state index in [1.807, 2.05) is 18.2 Å². The highest BCUT2D eigenvalue weighted by molar-refractivity contribution is 9.10. The Morgan fingerprint density at radius 1 is 1.27 bits per heavy atom. The van der Waals surface area contributed by atoms with E-state index in [0.29, 0.717) is 12.6 Å². The van der Waals surface area contributed by atoms with Gasteiger partial charge in [-0.05, 0) is 30.7 Å². The number of anilines is 1. The van der Waals surface area contributed by atoms with Gasteiger partial charge in [-0.2, -0.15) is 10.1 Å². The van der Waals surface area contributed by atoms with Crippen molar-refractivity contribution in [2.45, 2.75) is 26.0 Å². The Morgan fingerprint density at radius 2 is 2.08 bits per heavy atom. The number of fused-ring (bicyclic) bond motifs is 1. The molecule has 0 spiro atoms. The number of rotatable bonds is 4. The molecule has 0 bridgehead atoms. The number of hydrogen-bond acceptors (Lipinski definition) is 4. The van der Waals surface area contributed by atoms with Gasteiger partial charge in [0.15, 0.2) is 0 Å². The zero-order chi connectivity index (χ0) is 18.1. The van der Waals surface area contributed by atoms with Crippen LogP contribution in [0.3, 0.4) is 0 Å². The Labute approximate surface area is 159 Å². The maximum Gasteiger partial charge on any atom is 0.229 e. The van der Waals surface area contributed by atoms with Crippen LogP contribution < -0.4 is 10.1 Å². The molecular weight excluding hydrogens is 396 g/mol. The smallest absolute Gasteiger partial charge is 0.229 e. The third-order valence-electron chi connectivity index (χ3n) is 4.34. The molecule has 2 aromatic carbocycles. The summed E-state index contributed by atoms with van der Waals surface area (Å²) >= 11 is 3.51. The first kappa shape index (κ1) is 16.8. The largest absolute Gasteiger partial charge is 0.489 e. The van der Waals surface area contributed by atoms with Crippen molar-refractivity contribution in [1.29, 1.82) is 0 Å². The highest BCUT2D eigenvalue weighted by Gasteiger charge is 2.30. The van der Waals surface area contributed by atoms with Crippen molar-refractivity contribution in [2.75, 3.05) is 5.32 Å². The summed E-state index contributed by atoms with van der Waals surface area (Å²) in [7, 11) is 0. The molecule has 0 fully saturated rings. The first-order chi connectivity index (χ1) is 12.6. The van der Waals surface area contributed by atoms with Crippen LogP contribution in [0, 0.1) is 6.92 Å². The Balaban J connectivity index is 1.65. The molecule has 0 saturated carbocycles. The van der Waals surface area contributed by atoms with Gasteiger partial charge in [0.05, 0.1) is 12.5 Å². The minimum Gasteiger partial charge on any atom is -0.489 e. The molecule has 1 aliphatic heterocycles. The predicted molar refractivity (Wildman–Crippen MR) is 101 cm³/mol. The van der Waals surface area contributed by atoms with E-state index in [9.17, 15) is 4.79 Å². The third-order valence-corrected chi connectivity index (χ3v) is 4.84. The second-order valence-electron chi connectivity index (χ2n) is 6.25. The van der Waals surface area contributed by atoms with Crippen LogP contribution in [-0.2, 0) is 11.4 Å². The number of nitrogens with zero attached hydrogens (tertiary/aromatic N) is 3. The third kappa shape index (κ3) is 3.35. The Hall–Kier alpha value is -2.67. The quantitative estimate of drug-likeness (QED) is 0.706. The van der Waals surface area contributed by atoms with Gasteiger partial charge in [0.25, 0.3) is 0 Å². The fourth-order valence-corrected chi connectivity index (χ4v) is 3.38. The second kappa shape index (κ2) is 6.92. The molecule has 0 unspecified atom stereocenters. The number of benzene rings is 2. The molecule has 132 valence electrons. The molecule has 6 nitrogen and oxygen atoms in total. The highest BCUT2D eigenvalue weighted by atomic mass is 79.9. The van der Waals surface area contributed by atoms with Gasteiger partial charge in [-0.1, -0.05) is 45.8 Å². The van der Waals surface area contributed by atoms with Gasteiger partial charge in [-0.15, -0.1) is 0 Å². The lowest BCUT2D eigenvalue weighted by Crippen LogP contribution is -2.29. The van der Waals surface area contributed by atoms with Gasteiger partial charge >= 0.3 is 0 Å². The molecule has 7 heteroatoms. The Kier molecular flexibility index (Phi) is 4.46. The van der Waals surface area contributed by atoms with E-state index in [1.165, 1.54) is 11.9 Å². The lowest BCUT2D eigenvalue weighted by Gasteiger charge is -2.25. The Bertz CT molecular complexity index is 952. The van der Waals surface area contributed by atoms with E-state index in [0.717, 1.165) is 21.3 Å². The first-order valence-corrected chi connectivity index (χ1v) is 9.06. The van der Waals surface area contributed by atoms with E-state index in [1.54, 1.807) is 4.68 Å². The summed E-state index contributed by atoms with van der Waals surface area (Å²) in [5, 5.41) is 7.00. The summed E-state index contributed by atoms with van der Waals surface area (Å²) in [4.78, 5) is 16.2. The van der Waals surface area contributed by atoms with Crippen molar-refractivity contribution in [1.82, 2.24) is 14.8 Å². The minimum absolute atomic E-state index is 0.0834.